The molecule has 1 unspecified atom stereocenters. The van der Waals surface area contributed by atoms with Crippen molar-refractivity contribution in [3.63, 3.8) is 0 Å². The van der Waals surface area contributed by atoms with Gasteiger partial charge in [0.2, 0.25) is 0 Å². The Kier molecular flexibility index (Phi) is 8.65. The quantitative estimate of drug-likeness (QED) is 0.269. The summed E-state index contributed by atoms with van der Waals surface area (Å²) in [6.45, 7) is 0.862. The summed E-state index contributed by atoms with van der Waals surface area (Å²) < 4.78 is 17.0. The number of hydrogen-bond acceptors (Lipinski definition) is 6. The lowest BCUT2D eigenvalue weighted by atomic mass is 9.97. The number of hydrogen-bond donors (Lipinski definition) is 2. The van der Waals surface area contributed by atoms with Crippen LogP contribution in [0.2, 0.25) is 0 Å². The van der Waals surface area contributed by atoms with Crippen LogP contribution in [0.25, 0.3) is 10.4 Å². The standard InChI is InChI=1S/C22H27N3O5/c23-25-24-19-18(15-28-13-11-16-7-3-1-4-8-16)30-22(27)20(26)21(19)29-14-12-17-9-5-2-6-10-17/h1-10,18-22,26-27H,11-15H2/t18-,19+,20-,21+,22?/m1/s1. The van der Waals surface area contributed by atoms with Crippen molar-refractivity contribution in [3.8, 4) is 0 Å². The first-order chi connectivity index (χ1) is 14.7. The van der Waals surface area contributed by atoms with Gasteiger partial charge < -0.3 is 24.4 Å². The lowest BCUT2D eigenvalue weighted by molar-refractivity contribution is -0.268. The zero-order chi connectivity index (χ0) is 21.2. The Bertz CT molecular complexity index is 801. The molecule has 160 valence electrons. The van der Waals surface area contributed by atoms with Crippen LogP contribution in [0, 0.1) is 0 Å². The highest BCUT2D eigenvalue weighted by atomic mass is 16.6. The van der Waals surface area contributed by atoms with E-state index in [4.69, 9.17) is 19.7 Å². The first kappa shape index (κ1) is 22.2. The summed E-state index contributed by atoms with van der Waals surface area (Å²) in [7, 11) is 0. The number of azide groups is 1. The van der Waals surface area contributed by atoms with Gasteiger partial charge in [0.15, 0.2) is 6.29 Å². The molecule has 5 atom stereocenters. The van der Waals surface area contributed by atoms with Gasteiger partial charge in [-0.3, -0.25) is 0 Å². The van der Waals surface area contributed by atoms with Crippen LogP contribution in [-0.2, 0) is 27.1 Å². The number of benzene rings is 2. The first-order valence-electron chi connectivity index (χ1n) is 10.0. The average molecular weight is 413 g/mol. The van der Waals surface area contributed by atoms with Crippen molar-refractivity contribution >= 4 is 0 Å². The van der Waals surface area contributed by atoms with Gasteiger partial charge in [-0.15, -0.1) is 0 Å². The molecule has 1 aliphatic rings. The normalized spacial score (nSPS) is 26.1. The summed E-state index contributed by atoms with van der Waals surface area (Å²) in [6, 6.07) is 18.9. The molecule has 8 heteroatoms. The van der Waals surface area contributed by atoms with Gasteiger partial charge in [-0.05, 0) is 29.5 Å². The lowest BCUT2D eigenvalue weighted by Gasteiger charge is -2.41. The summed E-state index contributed by atoms with van der Waals surface area (Å²) in [5.41, 5.74) is 11.2. The molecule has 8 nitrogen and oxygen atoms in total. The molecule has 0 spiro atoms. The van der Waals surface area contributed by atoms with E-state index in [2.05, 4.69) is 10.0 Å². The number of ether oxygens (including phenoxy) is 3. The van der Waals surface area contributed by atoms with Crippen molar-refractivity contribution in [2.75, 3.05) is 19.8 Å². The largest absolute Gasteiger partial charge is 0.385 e. The molecule has 0 aliphatic carbocycles. The zero-order valence-electron chi connectivity index (χ0n) is 16.7. The topological polar surface area (TPSA) is 117 Å². The fraction of sp³-hybridized carbons (Fsp3) is 0.455. The monoisotopic (exact) mass is 413 g/mol. The van der Waals surface area contributed by atoms with E-state index in [0.717, 1.165) is 17.5 Å². The summed E-state index contributed by atoms with van der Waals surface area (Å²) in [5, 5.41) is 24.2. The third-order valence-corrected chi connectivity index (χ3v) is 5.05. The van der Waals surface area contributed by atoms with Crippen LogP contribution < -0.4 is 0 Å². The van der Waals surface area contributed by atoms with Gasteiger partial charge in [0, 0.05) is 4.91 Å². The Morgan fingerprint density at radius 3 is 2.13 bits per heavy atom. The van der Waals surface area contributed by atoms with Gasteiger partial charge in [0.1, 0.15) is 6.10 Å². The number of rotatable bonds is 10. The minimum Gasteiger partial charge on any atom is -0.385 e. The minimum atomic E-state index is -1.44. The maximum absolute atomic E-state index is 10.3. The predicted octanol–water partition coefficient (Wildman–Crippen LogP) is 2.63. The Labute approximate surface area is 175 Å². The molecule has 2 N–H and O–H groups in total. The van der Waals surface area contributed by atoms with Crippen LogP contribution in [0.15, 0.2) is 65.8 Å². The number of nitrogens with zero attached hydrogens (tertiary/aromatic N) is 3. The molecule has 0 amide bonds. The molecule has 0 radical (unpaired) electrons. The van der Waals surface area contributed by atoms with E-state index in [1.165, 1.54) is 0 Å². The van der Waals surface area contributed by atoms with E-state index in [1.54, 1.807) is 0 Å². The first-order valence-corrected chi connectivity index (χ1v) is 10.0. The smallest absolute Gasteiger partial charge is 0.183 e. The molecule has 2 aromatic rings. The van der Waals surface area contributed by atoms with Crippen molar-refractivity contribution in [2.45, 2.75) is 43.5 Å². The zero-order valence-corrected chi connectivity index (χ0v) is 16.7. The molecule has 1 aliphatic heterocycles. The molecule has 1 saturated heterocycles. The third kappa shape index (κ3) is 6.27. The molecule has 2 aromatic carbocycles. The Morgan fingerprint density at radius 2 is 1.53 bits per heavy atom. The van der Waals surface area contributed by atoms with Gasteiger partial charge in [0.05, 0.1) is 38.1 Å². The molecule has 1 heterocycles. The van der Waals surface area contributed by atoms with Crippen LogP contribution in [0.1, 0.15) is 11.1 Å². The van der Waals surface area contributed by atoms with Crippen LogP contribution in [-0.4, -0.2) is 60.7 Å². The van der Waals surface area contributed by atoms with Crippen LogP contribution in [0.3, 0.4) is 0 Å². The third-order valence-electron chi connectivity index (χ3n) is 5.05. The van der Waals surface area contributed by atoms with Crippen molar-refractivity contribution in [2.24, 2.45) is 5.11 Å². The fourth-order valence-electron chi connectivity index (χ4n) is 3.44. The molecule has 1 fully saturated rings. The summed E-state index contributed by atoms with van der Waals surface area (Å²) in [4.78, 5) is 2.88. The molecule has 0 aromatic heterocycles. The maximum Gasteiger partial charge on any atom is 0.183 e. The summed E-state index contributed by atoms with van der Waals surface area (Å²) in [6.07, 6.45) is -3.03. The van der Waals surface area contributed by atoms with Crippen molar-refractivity contribution in [1.29, 1.82) is 0 Å². The Hall–Kier alpha value is -2.45. The van der Waals surface area contributed by atoms with Crippen LogP contribution in [0.5, 0.6) is 0 Å². The lowest BCUT2D eigenvalue weighted by Crippen LogP contribution is -2.59. The van der Waals surface area contributed by atoms with Gasteiger partial charge in [-0.2, -0.15) is 0 Å². The molecule has 0 saturated carbocycles. The van der Waals surface area contributed by atoms with E-state index in [1.807, 2.05) is 60.7 Å². The molecule has 3 rings (SSSR count). The summed E-state index contributed by atoms with van der Waals surface area (Å²) in [5.74, 6) is 0. The number of aliphatic hydroxyl groups excluding tert-OH is 2. The van der Waals surface area contributed by atoms with Gasteiger partial charge in [-0.25, -0.2) is 0 Å². The Balaban J connectivity index is 1.56. The molecular formula is C22H27N3O5. The SMILES string of the molecule is [N-]=[N+]=N[C@@H]1[C@H](OCCc2ccccc2)[C@@H](O)C(O)O[C@@H]1COCCc1ccccc1. The molecule has 30 heavy (non-hydrogen) atoms. The second-order valence-electron chi connectivity index (χ2n) is 7.13. The van der Waals surface area contributed by atoms with E-state index >= 15 is 0 Å². The van der Waals surface area contributed by atoms with Crippen molar-refractivity contribution in [1.82, 2.24) is 0 Å². The average Bonchev–Trinajstić information content (AvgIpc) is 2.78. The van der Waals surface area contributed by atoms with E-state index in [0.29, 0.717) is 19.6 Å². The predicted molar refractivity (Wildman–Crippen MR) is 111 cm³/mol. The van der Waals surface area contributed by atoms with E-state index < -0.39 is 30.6 Å². The fourth-order valence-corrected chi connectivity index (χ4v) is 3.44. The number of aliphatic hydroxyl groups is 2. The Morgan fingerprint density at radius 1 is 0.933 bits per heavy atom. The van der Waals surface area contributed by atoms with Gasteiger partial charge in [0.25, 0.3) is 0 Å². The second kappa shape index (κ2) is 11.7. The minimum absolute atomic E-state index is 0.110. The van der Waals surface area contributed by atoms with Crippen LogP contribution >= 0.6 is 0 Å². The maximum atomic E-state index is 10.3. The summed E-state index contributed by atoms with van der Waals surface area (Å²) >= 11 is 0. The van der Waals surface area contributed by atoms with Gasteiger partial charge >= 0.3 is 0 Å². The molecule has 0 bridgehead atoms. The highest BCUT2D eigenvalue weighted by molar-refractivity contribution is 5.15. The van der Waals surface area contributed by atoms with Gasteiger partial charge in [-0.1, -0.05) is 65.8 Å². The highest BCUT2D eigenvalue weighted by Gasteiger charge is 2.45. The van der Waals surface area contributed by atoms with E-state index in [-0.39, 0.29) is 6.61 Å². The highest BCUT2D eigenvalue weighted by Crippen LogP contribution is 2.26. The van der Waals surface area contributed by atoms with Crippen molar-refractivity contribution < 1.29 is 24.4 Å². The van der Waals surface area contributed by atoms with Crippen LogP contribution in [0.4, 0.5) is 0 Å². The van der Waals surface area contributed by atoms with Crippen molar-refractivity contribution in [3.05, 3.63) is 82.2 Å². The van der Waals surface area contributed by atoms with E-state index in [9.17, 15) is 10.2 Å². The molecular weight excluding hydrogens is 386 g/mol. The second-order valence-corrected chi connectivity index (χ2v) is 7.13.